The first kappa shape index (κ1) is 22.4. The molecule has 1 aliphatic rings. The van der Waals surface area contributed by atoms with E-state index in [2.05, 4.69) is 25.2 Å². The third-order valence-corrected chi connectivity index (χ3v) is 5.57. The molecular formula is C19H32FN5O2S. The van der Waals surface area contributed by atoms with Crippen molar-refractivity contribution >= 4 is 21.7 Å². The van der Waals surface area contributed by atoms with Crippen molar-refractivity contribution in [2.45, 2.75) is 45.2 Å². The van der Waals surface area contributed by atoms with Crippen molar-refractivity contribution in [3.05, 3.63) is 29.6 Å². The summed E-state index contributed by atoms with van der Waals surface area (Å²) in [5.74, 6) is 0.411. The van der Waals surface area contributed by atoms with Crippen LogP contribution in [0.25, 0.3) is 0 Å². The van der Waals surface area contributed by atoms with Crippen molar-refractivity contribution in [3.8, 4) is 0 Å². The Kier molecular flexibility index (Phi) is 7.28. The van der Waals surface area contributed by atoms with Gasteiger partial charge < -0.3 is 15.5 Å². The summed E-state index contributed by atoms with van der Waals surface area (Å²) in [6.07, 6.45) is 3.17. The summed E-state index contributed by atoms with van der Waals surface area (Å²) < 4.78 is 39.0. The predicted octanol–water partition coefficient (Wildman–Crippen LogP) is 1.60. The minimum Gasteiger partial charge on any atom is -0.369 e. The zero-order valence-corrected chi connectivity index (χ0v) is 18.2. The summed E-state index contributed by atoms with van der Waals surface area (Å²) in [6.45, 7) is 7.67. The number of anilines is 1. The molecule has 0 aromatic heterocycles. The van der Waals surface area contributed by atoms with Crippen molar-refractivity contribution in [1.29, 1.82) is 0 Å². The molecule has 0 radical (unpaired) electrons. The average Bonchev–Trinajstić information content (AvgIpc) is 2.56. The molecule has 1 unspecified atom stereocenters. The standard InChI is InChI=1S/C19H32FN5O2S/c1-14-11-15(20)8-9-17(14)25-10-6-7-16(12-25)23-18(21-4)22-13-19(2,3)24-28(5,26)27/h8-9,11,16,24H,6-7,10,12-13H2,1-5H3,(H2,21,22,23). The van der Waals surface area contributed by atoms with Gasteiger partial charge in [0.15, 0.2) is 5.96 Å². The van der Waals surface area contributed by atoms with Gasteiger partial charge in [-0.15, -0.1) is 0 Å². The summed E-state index contributed by atoms with van der Waals surface area (Å²) >= 11 is 0. The third-order valence-electron chi connectivity index (χ3n) is 4.64. The number of hydrogen-bond donors (Lipinski definition) is 3. The second kappa shape index (κ2) is 9.09. The van der Waals surface area contributed by atoms with E-state index in [0.29, 0.717) is 12.5 Å². The molecule has 9 heteroatoms. The van der Waals surface area contributed by atoms with Gasteiger partial charge in [-0.1, -0.05) is 0 Å². The minimum atomic E-state index is -3.29. The largest absolute Gasteiger partial charge is 0.369 e. The Hall–Kier alpha value is -1.87. The predicted molar refractivity (Wildman–Crippen MR) is 113 cm³/mol. The molecule has 3 N–H and O–H groups in total. The molecule has 0 aliphatic carbocycles. The van der Waals surface area contributed by atoms with Crippen LogP contribution in [0.4, 0.5) is 10.1 Å². The highest BCUT2D eigenvalue weighted by Crippen LogP contribution is 2.24. The van der Waals surface area contributed by atoms with Crippen molar-refractivity contribution in [2.75, 3.05) is 37.8 Å². The molecule has 0 saturated carbocycles. The van der Waals surface area contributed by atoms with Gasteiger partial charge >= 0.3 is 0 Å². The molecule has 0 spiro atoms. The molecule has 28 heavy (non-hydrogen) atoms. The number of aliphatic imine (C=N–C) groups is 1. The lowest BCUT2D eigenvalue weighted by atomic mass is 10.0. The summed E-state index contributed by atoms with van der Waals surface area (Å²) in [7, 11) is -1.60. The van der Waals surface area contributed by atoms with E-state index >= 15 is 0 Å². The van der Waals surface area contributed by atoms with Crippen LogP contribution in [-0.2, 0) is 10.0 Å². The summed E-state index contributed by atoms with van der Waals surface area (Å²) in [4.78, 5) is 6.52. The Morgan fingerprint density at radius 2 is 2.11 bits per heavy atom. The minimum absolute atomic E-state index is 0.190. The fourth-order valence-electron chi connectivity index (χ4n) is 3.52. The Labute approximate surface area is 167 Å². The van der Waals surface area contributed by atoms with Gasteiger partial charge in [0.1, 0.15) is 5.82 Å². The number of benzene rings is 1. The van der Waals surface area contributed by atoms with E-state index in [1.165, 1.54) is 6.07 Å². The van der Waals surface area contributed by atoms with E-state index in [4.69, 9.17) is 0 Å². The number of guanidine groups is 1. The monoisotopic (exact) mass is 413 g/mol. The lowest BCUT2D eigenvalue weighted by Crippen LogP contribution is -2.56. The molecule has 0 amide bonds. The molecule has 1 aromatic rings. The number of nitrogens with zero attached hydrogens (tertiary/aromatic N) is 2. The fraction of sp³-hybridized carbons (Fsp3) is 0.632. The highest BCUT2D eigenvalue weighted by Gasteiger charge is 2.25. The van der Waals surface area contributed by atoms with E-state index in [9.17, 15) is 12.8 Å². The Morgan fingerprint density at radius 1 is 1.39 bits per heavy atom. The summed E-state index contributed by atoms with van der Waals surface area (Å²) in [6, 6.07) is 5.08. The second-order valence-corrected chi connectivity index (χ2v) is 9.79. The first-order chi connectivity index (χ1) is 13.0. The van der Waals surface area contributed by atoms with Gasteiger partial charge in [0.2, 0.25) is 10.0 Å². The molecule has 1 aromatic carbocycles. The van der Waals surface area contributed by atoms with E-state index in [1.807, 2.05) is 26.8 Å². The maximum absolute atomic E-state index is 13.4. The maximum Gasteiger partial charge on any atom is 0.209 e. The third kappa shape index (κ3) is 6.94. The number of hydrogen-bond acceptors (Lipinski definition) is 4. The number of aryl methyl sites for hydroxylation is 1. The van der Waals surface area contributed by atoms with E-state index < -0.39 is 15.6 Å². The van der Waals surface area contributed by atoms with E-state index in [1.54, 1.807) is 13.1 Å². The van der Waals surface area contributed by atoms with Crippen LogP contribution in [0, 0.1) is 12.7 Å². The Morgan fingerprint density at radius 3 is 2.71 bits per heavy atom. The van der Waals surface area contributed by atoms with Crippen LogP contribution in [0.5, 0.6) is 0 Å². The Bertz CT molecular complexity index is 811. The van der Waals surface area contributed by atoms with Crippen LogP contribution in [0.3, 0.4) is 0 Å². The van der Waals surface area contributed by atoms with Crippen LogP contribution in [0.15, 0.2) is 23.2 Å². The lowest BCUT2D eigenvalue weighted by molar-refractivity contribution is 0.436. The molecule has 2 rings (SSSR count). The van der Waals surface area contributed by atoms with E-state index in [-0.39, 0.29) is 11.9 Å². The molecule has 1 fully saturated rings. The number of piperidine rings is 1. The van der Waals surface area contributed by atoms with Gasteiger partial charge in [0.25, 0.3) is 0 Å². The van der Waals surface area contributed by atoms with Crippen LogP contribution in [0.1, 0.15) is 32.3 Å². The summed E-state index contributed by atoms with van der Waals surface area (Å²) in [5.41, 5.74) is 1.33. The van der Waals surface area contributed by atoms with Crippen LogP contribution in [-0.4, -0.2) is 58.9 Å². The van der Waals surface area contributed by atoms with E-state index in [0.717, 1.165) is 43.4 Å². The molecule has 0 bridgehead atoms. The molecular weight excluding hydrogens is 381 g/mol. The van der Waals surface area contributed by atoms with Crippen LogP contribution < -0.4 is 20.3 Å². The first-order valence-electron chi connectivity index (χ1n) is 9.46. The maximum atomic E-state index is 13.4. The number of nitrogens with one attached hydrogen (secondary N) is 3. The smallest absolute Gasteiger partial charge is 0.209 e. The first-order valence-corrected chi connectivity index (χ1v) is 11.4. The van der Waals surface area contributed by atoms with Gasteiger partial charge in [-0.2, -0.15) is 0 Å². The zero-order valence-electron chi connectivity index (χ0n) is 17.3. The molecule has 1 heterocycles. The number of sulfonamides is 1. The van der Waals surface area contributed by atoms with Gasteiger partial charge in [0.05, 0.1) is 6.26 Å². The SMILES string of the molecule is CN=C(NCC(C)(C)NS(C)(=O)=O)NC1CCCN(c2ccc(F)cc2C)C1. The van der Waals surface area contributed by atoms with Gasteiger partial charge in [0, 0.05) is 44.0 Å². The molecule has 7 nitrogen and oxygen atoms in total. The van der Waals surface area contributed by atoms with Crippen molar-refractivity contribution in [3.63, 3.8) is 0 Å². The highest BCUT2D eigenvalue weighted by molar-refractivity contribution is 7.88. The molecule has 1 aliphatic heterocycles. The lowest BCUT2D eigenvalue weighted by Gasteiger charge is -2.36. The van der Waals surface area contributed by atoms with Gasteiger partial charge in [-0.3, -0.25) is 4.99 Å². The quantitative estimate of drug-likeness (QED) is 0.487. The fourth-order valence-corrected chi connectivity index (χ4v) is 4.59. The summed E-state index contributed by atoms with van der Waals surface area (Å²) in [5, 5.41) is 6.61. The second-order valence-electron chi connectivity index (χ2n) is 8.04. The Balaban J connectivity index is 1.95. The van der Waals surface area contributed by atoms with Crippen molar-refractivity contribution < 1.29 is 12.8 Å². The molecule has 158 valence electrons. The van der Waals surface area contributed by atoms with Gasteiger partial charge in [-0.25, -0.2) is 17.5 Å². The van der Waals surface area contributed by atoms with Crippen molar-refractivity contribution in [2.24, 2.45) is 4.99 Å². The van der Waals surface area contributed by atoms with Gasteiger partial charge in [-0.05, 0) is 57.4 Å². The molecule has 1 atom stereocenters. The van der Waals surface area contributed by atoms with Crippen LogP contribution in [0.2, 0.25) is 0 Å². The number of rotatable bonds is 6. The molecule has 1 saturated heterocycles. The van der Waals surface area contributed by atoms with Crippen LogP contribution >= 0.6 is 0 Å². The highest BCUT2D eigenvalue weighted by atomic mass is 32.2. The number of halogens is 1. The zero-order chi connectivity index (χ0) is 20.9. The topological polar surface area (TPSA) is 85.8 Å². The normalized spacial score (nSPS) is 18.9. The van der Waals surface area contributed by atoms with Crippen molar-refractivity contribution in [1.82, 2.24) is 15.4 Å². The average molecular weight is 414 g/mol.